The fraction of sp³-hybridized carbons (Fsp3) is 0.125. The van der Waals surface area contributed by atoms with Crippen LogP contribution in [0.15, 0.2) is 91.0 Å². The third-order valence-electron chi connectivity index (χ3n) is 6.60. The van der Waals surface area contributed by atoms with Gasteiger partial charge < -0.3 is 0 Å². The molecule has 0 radical (unpaired) electrons. The molecule has 166 valence electrons. The van der Waals surface area contributed by atoms with Crippen molar-refractivity contribution in [2.24, 2.45) is 0 Å². The quantitative estimate of drug-likeness (QED) is 0.306. The van der Waals surface area contributed by atoms with Crippen molar-refractivity contribution in [3.05, 3.63) is 141 Å². The monoisotopic (exact) mass is 442 g/mol. The van der Waals surface area contributed by atoms with E-state index in [1.54, 1.807) is 0 Å². The molecule has 0 heterocycles. The number of rotatable bonds is 5. The maximum absolute atomic E-state index is 13.9. The first-order valence-corrected chi connectivity index (χ1v) is 11.6. The van der Waals surface area contributed by atoms with Crippen LogP contribution in [0.5, 0.6) is 0 Å². The van der Waals surface area contributed by atoms with Gasteiger partial charge in [0.05, 0.1) is 5.92 Å². The molecule has 1 atom stereocenters. The summed E-state index contributed by atoms with van der Waals surface area (Å²) >= 11 is 0. The molecule has 4 aromatic carbocycles. The lowest BCUT2D eigenvalue weighted by atomic mass is 9.81. The predicted octanol–water partition coefficient (Wildman–Crippen LogP) is 7.23. The fourth-order valence-electron chi connectivity index (χ4n) is 4.69. The molecular weight excluding hydrogens is 416 g/mol. The van der Waals surface area contributed by atoms with Crippen molar-refractivity contribution >= 4 is 23.7 Å². The number of Topliss-reactive ketones (excluding diaryl/α,β-unsaturated/α-hetero) is 2. The Morgan fingerprint density at radius 2 is 1.26 bits per heavy atom. The smallest absolute Gasteiger partial charge is 0.174 e. The van der Waals surface area contributed by atoms with E-state index >= 15 is 0 Å². The Morgan fingerprint density at radius 1 is 0.647 bits per heavy atom. The SMILES string of the molecule is Cc1ccc(C(=O)Cc2cccc3c2C=Cc2ccccc2C3C(=O)c2ccc(C)cc2)cc1. The van der Waals surface area contributed by atoms with E-state index in [1.165, 1.54) is 0 Å². The van der Waals surface area contributed by atoms with Crippen molar-refractivity contribution in [2.75, 3.05) is 0 Å². The molecule has 0 amide bonds. The van der Waals surface area contributed by atoms with Gasteiger partial charge in [-0.15, -0.1) is 0 Å². The molecule has 1 aliphatic rings. The molecule has 0 aromatic heterocycles. The van der Waals surface area contributed by atoms with Crippen molar-refractivity contribution in [3.8, 4) is 0 Å². The van der Waals surface area contributed by atoms with Gasteiger partial charge in [0, 0.05) is 17.5 Å². The van der Waals surface area contributed by atoms with Crippen LogP contribution in [0.25, 0.3) is 12.2 Å². The van der Waals surface area contributed by atoms with Crippen LogP contribution in [0, 0.1) is 13.8 Å². The van der Waals surface area contributed by atoms with Gasteiger partial charge in [0.2, 0.25) is 0 Å². The highest BCUT2D eigenvalue weighted by atomic mass is 16.1. The van der Waals surface area contributed by atoms with Crippen LogP contribution in [0.1, 0.15) is 65.6 Å². The van der Waals surface area contributed by atoms with Crippen LogP contribution in [0.2, 0.25) is 0 Å². The zero-order valence-corrected chi connectivity index (χ0v) is 19.4. The van der Waals surface area contributed by atoms with Crippen LogP contribution >= 0.6 is 0 Å². The highest BCUT2D eigenvalue weighted by molar-refractivity contribution is 6.05. The number of carbonyl (C=O) groups is 2. The minimum absolute atomic E-state index is 0.0689. The number of hydrogen-bond donors (Lipinski definition) is 0. The van der Waals surface area contributed by atoms with Gasteiger partial charge in [-0.2, -0.15) is 0 Å². The minimum atomic E-state index is -0.432. The van der Waals surface area contributed by atoms with E-state index in [-0.39, 0.29) is 11.6 Å². The first-order valence-electron chi connectivity index (χ1n) is 11.6. The molecule has 0 spiro atoms. The van der Waals surface area contributed by atoms with E-state index in [1.807, 2.05) is 105 Å². The van der Waals surface area contributed by atoms with Crippen molar-refractivity contribution in [1.82, 2.24) is 0 Å². The van der Waals surface area contributed by atoms with Gasteiger partial charge in [0.25, 0.3) is 0 Å². The predicted molar refractivity (Wildman–Crippen MR) is 138 cm³/mol. The first-order chi connectivity index (χ1) is 16.5. The summed E-state index contributed by atoms with van der Waals surface area (Å²) in [6, 6.07) is 29.5. The Morgan fingerprint density at radius 3 is 1.97 bits per heavy atom. The Bertz CT molecular complexity index is 1410. The van der Waals surface area contributed by atoms with Crippen LogP contribution in [-0.2, 0) is 6.42 Å². The number of fused-ring (bicyclic) bond motifs is 2. The fourth-order valence-corrected chi connectivity index (χ4v) is 4.69. The second-order valence-corrected chi connectivity index (χ2v) is 9.01. The lowest BCUT2D eigenvalue weighted by Crippen LogP contribution is -2.17. The Balaban J connectivity index is 1.60. The highest BCUT2D eigenvalue weighted by Gasteiger charge is 2.29. The number of hydrogen-bond acceptors (Lipinski definition) is 2. The second kappa shape index (κ2) is 9.07. The summed E-state index contributed by atoms with van der Waals surface area (Å²) in [6.07, 6.45) is 4.42. The Hall–Kier alpha value is -4.04. The maximum Gasteiger partial charge on any atom is 0.174 e. The van der Waals surface area contributed by atoms with E-state index in [9.17, 15) is 9.59 Å². The van der Waals surface area contributed by atoms with Crippen LogP contribution in [0.3, 0.4) is 0 Å². The maximum atomic E-state index is 13.9. The van der Waals surface area contributed by atoms with E-state index < -0.39 is 5.92 Å². The normalized spacial score (nSPS) is 14.1. The molecular formula is C32H26O2. The lowest BCUT2D eigenvalue weighted by Gasteiger charge is -2.21. The van der Waals surface area contributed by atoms with E-state index in [0.717, 1.165) is 38.9 Å². The molecule has 2 heteroatoms. The van der Waals surface area contributed by atoms with Gasteiger partial charge >= 0.3 is 0 Å². The zero-order chi connectivity index (χ0) is 23.7. The molecule has 0 N–H and O–H groups in total. The molecule has 4 aromatic rings. The summed E-state index contributed by atoms with van der Waals surface area (Å²) in [5.41, 5.74) is 8.51. The summed E-state index contributed by atoms with van der Waals surface area (Å²) < 4.78 is 0. The topological polar surface area (TPSA) is 34.1 Å². The minimum Gasteiger partial charge on any atom is -0.294 e. The lowest BCUT2D eigenvalue weighted by molar-refractivity contribution is 0.0972. The first kappa shape index (κ1) is 21.8. The van der Waals surface area contributed by atoms with Gasteiger partial charge in [-0.3, -0.25) is 9.59 Å². The molecule has 1 aliphatic carbocycles. The average molecular weight is 443 g/mol. The van der Waals surface area contributed by atoms with E-state index in [4.69, 9.17) is 0 Å². The molecule has 34 heavy (non-hydrogen) atoms. The van der Waals surface area contributed by atoms with Crippen molar-refractivity contribution in [2.45, 2.75) is 26.2 Å². The third kappa shape index (κ3) is 4.15. The molecule has 0 bridgehead atoms. The van der Waals surface area contributed by atoms with Gasteiger partial charge in [-0.25, -0.2) is 0 Å². The Labute approximate surface area is 200 Å². The molecule has 2 nitrogen and oxygen atoms in total. The number of benzene rings is 4. The van der Waals surface area contributed by atoms with Crippen molar-refractivity contribution in [1.29, 1.82) is 0 Å². The molecule has 0 saturated carbocycles. The van der Waals surface area contributed by atoms with E-state index in [0.29, 0.717) is 17.5 Å². The number of carbonyl (C=O) groups excluding carboxylic acids is 2. The van der Waals surface area contributed by atoms with Crippen LogP contribution in [0.4, 0.5) is 0 Å². The van der Waals surface area contributed by atoms with Gasteiger partial charge in [-0.05, 0) is 41.7 Å². The highest BCUT2D eigenvalue weighted by Crippen LogP contribution is 2.38. The summed E-state index contributed by atoms with van der Waals surface area (Å²) in [5.74, 6) is -0.289. The number of ketones is 2. The summed E-state index contributed by atoms with van der Waals surface area (Å²) in [5, 5.41) is 0. The number of aryl methyl sites for hydroxylation is 2. The summed E-state index contributed by atoms with van der Waals surface area (Å²) in [7, 11) is 0. The van der Waals surface area contributed by atoms with Crippen LogP contribution < -0.4 is 0 Å². The summed E-state index contributed by atoms with van der Waals surface area (Å²) in [4.78, 5) is 27.0. The average Bonchev–Trinajstić information content (AvgIpc) is 3.02. The molecule has 5 rings (SSSR count). The molecule has 0 fully saturated rings. The van der Waals surface area contributed by atoms with Gasteiger partial charge in [0.15, 0.2) is 11.6 Å². The molecule has 0 saturated heterocycles. The van der Waals surface area contributed by atoms with Crippen LogP contribution in [-0.4, -0.2) is 11.6 Å². The second-order valence-electron chi connectivity index (χ2n) is 9.01. The molecule has 1 unspecified atom stereocenters. The zero-order valence-electron chi connectivity index (χ0n) is 19.4. The standard InChI is InChI=1S/C32H26O2/c1-21-10-14-24(15-11-21)30(33)20-26-7-5-9-29-27(26)19-18-23-6-3-4-8-28(23)31(29)32(34)25-16-12-22(2)13-17-25/h3-19,31H,20H2,1-2H3. The third-order valence-corrected chi connectivity index (χ3v) is 6.60. The van der Waals surface area contributed by atoms with Gasteiger partial charge in [-0.1, -0.05) is 114 Å². The van der Waals surface area contributed by atoms with Gasteiger partial charge in [0.1, 0.15) is 0 Å². The summed E-state index contributed by atoms with van der Waals surface area (Å²) in [6.45, 7) is 4.03. The Kier molecular flexibility index (Phi) is 5.81. The van der Waals surface area contributed by atoms with E-state index in [2.05, 4.69) is 12.2 Å². The van der Waals surface area contributed by atoms with Crippen molar-refractivity contribution < 1.29 is 9.59 Å². The largest absolute Gasteiger partial charge is 0.294 e. The van der Waals surface area contributed by atoms with Crippen molar-refractivity contribution in [3.63, 3.8) is 0 Å². The molecule has 0 aliphatic heterocycles.